The molecule has 0 aliphatic carbocycles. The molecular formula is C19H20BrN3O2. The van der Waals surface area contributed by atoms with Gasteiger partial charge in [0.1, 0.15) is 6.61 Å². The first-order valence-electron chi connectivity index (χ1n) is 8.01. The predicted molar refractivity (Wildman–Crippen MR) is 101 cm³/mol. The molecule has 0 fully saturated rings. The molecule has 0 unspecified atom stereocenters. The van der Waals surface area contributed by atoms with Crippen molar-refractivity contribution < 1.29 is 9.63 Å². The molecule has 3 rings (SSSR count). The molecule has 0 saturated carbocycles. The second-order valence-corrected chi connectivity index (χ2v) is 6.94. The van der Waals surface area contributed by atoms with E-state index in [4.69, 9.17) is 4.84 Å². The number of amides is 1. The Morgan fingerprint density at radius 2 is 1.80 bits per heavy atom. The SMILES string of the molecule is CC(=O)N1N=C(c2ccc(C)cc2)CON(C)[C@H]1c1ccc(Br)cc1. The Morgan fingerprint density at radius 1 is 1.16 bits per heavy atom. The number of hydrogen-bond donors (Lipinski definition) is 0. The highest BCUT2D eigenvalue weighted by Crippen LogP contribution is 2.28. The molecule has 5 nitrogen and oxygen atoms in total. The maximum absolute atomic E-state index is 12.3. The molecule has 2 aromatic carbocycles. The highest BCUT2D eigenvalue weighted by atomic mass is 79.9. The van der Waals surface area contributed by atoms with Crippen LogP contribution < -0.4 is 0 Å². The molecule has 25 heavy (non-hydrogen) atoms. The van der Waals surface area contributed by atoms with Gasteiger partial charge in [0, 0.05) is 24.0 Å². The molecule has 0 bridgehead atoms. The fourth-order valence-corrected chi connectivity index (χ4v) is 2.98. The summed E-state index contributed by atoms with van der Waals surface area (Å²) in [5.41, 5.74) is 3.77. The van der Waals surface area contributed by atoms with Crippen LogP contribution in [0.3, 0.4) is 0 Å². The van der Waals surface area contributed by atoms with E-state index < -0.39 is 6.17 Å². The molecule has 130 valence electrons. The Bertz CT molecular complexity index is 787. The first kappa shape index (κ1) is 17.8. The molecular weight excluding hydrogens is 382 g/mol. The summed E-state index contributed by atoms with van der Waals surface area (Å²) in [4.78, 5) is 18.2. The van der Waals surface area contributed by atoms with E-state index in [2.05, 4.69) is 21.0 Å². The lowest BCUT2D eigenvalue weighted by Gasteiger charge is -2.31. The lowest BCUT2D eigenvalue weighted by Crippen LogP contribution is -2.37. The molecule has 2 aromatic rings. The van der Waals surface area contributed by atoms with Crippen LogP contribution in [0.2, 0.25) is 0 Å². The van der Waals surface area contributed by atoms with Gasteiger partial charge in [0.2, 0.25) is 5.91 Å². The molecule has 1 atom stereocenters. The van der Waals surface area contributed by atoms with Gasteiger partial charge in [-0.05, 0) is 24.6 Å². The van der Waals surface area contributed by atoms with Crippen LogP contribution in [0, 0.1) is 6.92 Å². The van der Waals surface area contributed by atoms with Gasteiger partial charge in [-0.1, -0.05) is 57.9 Å². The van der Waals surface area contributed by atoms with Gasteiger partial charge in [-0.3, -0.25) is 9.63 Å². The third kappa shape index (κ3) is 3.98. The van der Waals surface area contributed by atoms with Crippen molar-refractivity contribution in [1.29, 1.82) is 0 Å². The first-order valence-corrected chi connectivity index (χ1v) is 8.80. The number of nitrogens with zero attached hydrogens (tertiary/aromatic N) is 3. The fraction of sp³-hybridized carbons (Fsp3) is 0.263. The number of benzene rings is 2. The normalized spacial score (nSPS) is 18.6. The van der Waals surface area contributed by atoms with Crippen LogP contribution in [0.1, 0.15) is 29.8 Å². The van der Waals surface area contributed by atoms with E-state index >= 15 is 0 Å². The zero-order valence-corrected chi connectivity index (χ0v) is 16.0. The van der Waals surface area contributed by atoms with Gasteiger partial charge >= 0.3 is 0 Å². The van der Waals surface area contributed by atoms with E-state index in [1.807, 2.05) is 62.5 Å². The third-order valence-electron chi connectivity index (χ3n) is 4.08. The molecule has 1 amide bonds. The smallest absolute Gasteiger partial charge is 0.241 e. The Kier molecular flexibility index (Phi) is 5.32. The van der Waals surface area contributed by atoms with Crippen molar-refractivity contribution >= 4 is 27.5 Å². The van der Waals surface area contributed by atoms with E-state index in [1.165, 1.54) is 17.5 Å². The standard InChI is InChI=1S/C19H20BrN3O2/c1-13-4-6-15(7-5-13)18-12-25-22(3)19(23(21-18)14(2)24)16-8-10-17(20)11-9-16/h4-11,19H,12H2,1-3H3/t19-/m1/s1. The number of carbonyl (C=O) groups excluding carboxylic acids is 1. The number of carbonyl (C=O) groups is 1. The lowest BCUT2D eigenvalue weighted by molar-refractivity contribution is -0.191. The molecule has 0 radical (unpaired) electrons. The molecule has 0 aromatic heterocycles. The topological polar surface area (TPSA) is 45.1 Å². The summed E-state index contributed by atoms with van der Waals surface area (Å²) in [5.74, 6) is -0.144. The summed E-state index contributed by atoms with van der Waals surface area (Å²) in [6.45, 7) is 3.85. The molecule has 0 N–H and O–H groups in total. The van der Waals surface area contributed by atoms with E-state index in [1.54, 1.807) is 5.06 Å². The van der Waals surface area contributed by atoms with Gasteiger partial charge in [0.05, 0.1) is 5.71 Å². The fourth-order valence-electron chi connectivity index (χ4n) is 2.72. The zero-order chi connectivity index (χ0) is 18.0. The van der Waals surface area contributed by atoms with Gasteiger partial charge in [-0.15, -0.1) is 0 Å². The lowest BCUT2D eigenvalue weighted by atomic mass is 10.1. The zero-order valence-electron chi connectivity index (χ0n) is 14.4. The Hall–Kier alpha value is -2.02. The number of aryl methyl sites for hydroxylation is 1. The summed E-state index contributed by atoms with van der Waals surface area (Å²) in [6.07, 6.45) is -0.423. The van der Waals surface area contributed by atoms with Gasteiger partial charge in [0.25, 0.3) is 0 Å². The summed E-state index contributed by atoms with van der Waals surface area (Å²) in [6, 6.07) is 15.8. The van der Waals surface area contributed by atoms with Crippen LogP contribution in [0.4, 0.5) is 0 Å². The second kappa shape index (κ2) is 7.47. The van der Waals surface area contributed by atoms with E-state index in [-0.39, 0.29) is 5.91 Å². The van der Waals surface area contributed by atoms with Crippen LogP contribution in [-0.2, 0) is 9.63 Å². The molecule has 1 aliphatic rings. The summed E-state index contributed by atoms with van der Waals surface area (Å²) in [5, 5.41) is 7.78. The average Bonchev–Trinajstić information content (AvgIpc) is 2.76. The maximum atomic E-state index is 12.3. The predicted octanol–water partition coefficient (Wildman–Crippen LogP) is 3.89. The van der Waals surface area contributed by atoms with Crippen LogP contribution in [0.15, 0.2) is 58.1 Å². The minimum atomic E-state index is -0.423. The van der Waals surface area contributed by atoms with E-state index in [0.29, 0.717) is 6.61 Å². The quantitative estimate of drug-likeness (QED) is 0.766. The van der Waals surface area contributed by atoms with E-state index in [0.717, 1.165) is 21.3 Å². The summed E-state index contributed by atoms with van der Waals surface area (Å²) in [7, 11) is 1.82. The number of hydrazone groups is 1. The van der Waals surface area contributed by atoms with Gasteiger partial charge in [0.15, 0.2) is 6.17 Å². The van der Waals surface area contributed by atoms with Gasteiger partial charge in [-0.25, -0.2) is 5.01 Å². The van der Waals surface area contributed by atoms with Crippen LogP contribution >= 0.6 is 15.9 Å². The molecule has 0 spiro atoms. The van der Waals surface area contributed by atoms with Crippen LogP contribution in [-0.4, -0.2) is 35.3 Å². The van der Waals surface area contributed by atoms with Crippen molar-refractivity contribution in [2.75, 3.05) is 13.7 Å². The molecule has 0 saturated heterocycles. The van der Waals surface area contributed by atoms with Gasteiger partial charge < -0.3 is 0 Å². The van der Waals surface area contributed by atoms with Crippen molar-refractivity contribution in [2.45, 2.75) is 20.0 Å². The average molecular weight is 402 g/mol. The molecule has 1 aliphatic heterocycles. The van der Waals surface area contributed by atoms with Crippen molar-refractivity contribution in [1.82, 2.24) is 10.1 Å². The Morgan fingerprint density at radius 3 is 2.40 bits per heavy atom. The highest BCUT2D eigenvalue weighted by molar-refractivity contribution is 9.10. The largest absolute Gasteiger partial charge is 0.290 e. The number of hydrogen-bond acceptors (Lipinski definition) is 4. The Labute approximate surface area is 156 Å². The van der Waals surface area contributed by atoms with Crippen molar-refractivity contribution in [3.8, 4) is 0 Å². The number of halogens is 1. The van der Waals surface area contributed by atoms with Gasteiger partial charge in [-0.2, -0.15) is 10.2 Å². The Balaban J connectivity index is 2.02. The summed E-state index contributed by atoms with van der Waals surface area (Å²) < 4.78 is 0.978. The minimum absolute atomic E-state index is 0.144. The number of rotatable bonds is 2. The van der Waals surface area contributed by atoms with Crippen molar-refractivity contribution in [3.05, 3.63) is 69.7 Å². The van der Waals surface area contributed by atoms with E-state index in [9.17, 15) is 4.79 Å². The highest BCUT2D eigenvalue weighted by Gasteiger charge is 2.31. The third-order valence-corrected chi connectivity index (χ3v) is 4.61. The molecule has 1 heterocycles. The monoisotopic (exact) mass is 401 g/mol. The first-order chi connectivity index (χ1) is 12.0. The van der Waals surface area contributed by atoms with Crippen molar-refractivity contribution in [2.24, 2.45) is 5.10 Å². The second-order valence-electron chi connectivity index (χ2n) is 6.02. The van der Waals surface area contributed by atoms with Crippen molar-refractivity contribution in [3.63, 3.8) is 0 Å². The van der Waals surface area contributed by atoms with Crippen LogP contribution in [0.5, 0.6) is 0 Å². The number of hydroxylamine groups is 2. The summed E-state index contributed by atoms with van der Waals surface area (Å²) >= 11 is 3.44. The maximum Gasteiger partial charge on any atom is 0.241 e. The van der Waals surface area contributed by atoms with Crippen LogP contribution in [0.25, 0.3) is 0 Å². The minimum Gasteiger partial charge on any atom is -0.290 e. The molecule has 6 heteroatoms.